The quantitative estimate of drug-likeness (QED) is 0.488. The van der Waals surface area contributed by atoms with Crippen LogP contribution in [0.25, 0.3) is 0 Å². The second-order valence-electron chi connectivity index (χ2n) is 9.80. The maximum absolute atomic E-state index is 13.4. The van der Waals surface area contributed by atoms with E-state index in [0.717, 1.165) is 37.3 Å². The fourth-order valence-electron chi connectivity index (χ4n) is 5.32. The van der Waals surface area contributed by atoms with Gasteiger partial charge in [0.15, 0.2) is 0 Å². The second kappa shape index (κ2) is 10.9. The molecule has 1 heterocycles. The number of benzene rings is 2. The third-order valence-electron chi connectivity index (χ3n) is 7.41. The Morgan fingerprint density at radius 1 is 1.00 bits per heavy atom. The van der Waals surface area contributed by atoms with E-state index in [0.29, 0.717) is 17.1 Å². The lowest BCUT2D eigenvalue weighted by Crippen LogP contribution is -2.52. The van der Waals surface area contributed by atoms with Crippen molar-refractivity contribution in [2.24, 2.45) is 0 Å². The molecular formula is C27H35ClFN3O. The summed E-state index contributed by atoms with van der Waals surface area (Å²) in [4.78, 5) is 15.4. The number of anilines is 2. The van der Waals surface area contributed by atoms with Crippen LogP contribution in [0.1, 0.15) is 75.1 Å². The third-order valence-corrected chi connectivity index (χ3v) is 7.70. The van der Waals surface area contributed by atoms with Gasteiger partial charge in [-0.15, -0.1) is 0 Å². The number of hydrogen-bond acceptors (Lipinski definition) is 3. The Labute approximate surface area is 201 Å². The number of amides is 1. The highest BCUT2D eigenvalue weighted by Gasteiger charge is 2.34. The standard InChI is InChI=1S/C27H35ClFN3O/c1-27(15-7-3-2-4-8-16-27)32-17-13-21(14-18-32)30-24-9-5-6-10-25(24)31-26(33)20-11-12-23(29)22(28)19-20/h5-6,9-12,19,21,30H,2-4,7-8,13-18H2,1H3,(H,31,33). The smallest absolute Gasteiger partial charge is 0.255 e. The molecule has 2 aromatic rings. The van der Waals surface area contributed by atoms with E-state index in [1.807, 2.05) is 24.3 Å². The first kappa shape index (κ1) is 24.0. The maximum Gasteiger partial charge on any atom is 0.255 e. The molecule has 178 valence electrons. The van der Waals surface area contributed by atoms with E-state index in [4.69, 9.17) is 11.6 Å². The lowest BCUT2D eigenvalue weighted by molar-refractivity contribution is 0.0542. The van der Waals surface area contributed by atoms with Gasteiger partial charge in [-0.1, -0.05) is 55.8 Å². The van der Waals surface area contributed by atoms with Gasteiger partial charge in [-0.2, -0.15) is 0 Å². The summed E-state index contributed by atoms with van der Waals surface area (Å²) in [5, 5.41) is 6.55. The first-order valence-electron chi connectivity index (χ1n) is 12.3. The molecule has 0 aromatic heterocycles. The number of halogens is 2. The van der Waals surface area contributed by atoms with Crippen LogP contribution in [0.2, 0.25) is 5.02 Å². The molecule has 2 N–H and O–H groups in total. The fraction of sp³-hybridized carbons (Fsp3) is 0.519. The monoisotopic (exact) mass is 471 g/mol. The molecule has 2 fully saturated rings. The molecule has 4 nitrogen and oxygen atoms in total. The zero-order valence-electron chi connectivity index (χ0n) is 19.5. The first-order chi connectivity index (χ1) is 15.9. The minimum Gasteiger partial charge on any atom is -0.381 e. The Kier molecular flexibility index (Phi) is 7.92. The van der Waals surface area contributed by atoms with E-state index in [1.165, 1.54) is 63.1 Å². The molecule has 1 saturated carbocycles. The minimum atomic E-state index is -0.533. The highest BCUT2D eigenvalue weighted by Crippen LogP contribution is 2.34. The van der Waals surface area contributed by atoms with E-state index in [-0.39, 0.29) is 10.9 Å². The molecule has 0 radical (unpaired) electrons. The van der Waals surface area contributed by atoms with Gasteiger partial charge >= 0.3 is 0 Å². The number of carbonyl (C=O) groups excluding carboxylic acids is 1. The number of likely N-dealkylation sites (tertiary alicyclic amines) is 1. The normalized spacial score (nSPS) is 20.0. The Hall–Kier alpha value is -2.11. The molecule has 2 aliphatic rings. The molecule has 0 unspecified atom stereocenters. The van der Waals surface area contributed by atoms with Crippen molar-refractivity contribution >= 4 is 28.9 Å². The van der Waals surface area contributed by atoms with Crippen molar-refractivity contribution in [3.8, 4) is 0 Å². The molecule has 1 aliphatic heterocycles. The molecule has 33 heavy (non-hydrogen) atoms. The number of nitrogens with zero attached hydrogens (tertiary/aromatic N) is 1. The third kappa shape index (κ3) is 6.07. The zero-order valence-corrected chi connectivity index (χ0v) is 20.3. The highest BCUT2D eigenvalue weighted by molar-refractivity contribution is 6.31. The highest BCUT2D eigenvalue weighted by atomic mass is 35.5. The summed E-state index contributed by atoms with van der Waals surface area (Å²) in [5.74, 6) is -0.840. The van der Waals surface area contributed by atoms with E-state index < -0.39 is 5.82 Å². The van der Waals surface area contributed by atoms with Crippen molar-refractivity contribution in [3.05, 3.63) is 58.9 Å². The lowest BCUT2D eigenvalue weighted by Gasteiger charge is -2.46. The van der Waals surface area contributed by atoms with Crippen molar-refractivity contribution in [1.29, 1.82) is 0 Å². The van der Waals surface area contributed by atoms with Gasteiger partial charge in [0.25, 0.3) is 5.91 Å². The number of carbonyl (C=O) groups is 1. The van der Waals surface area contributed by atoms with Gasteiger partial charge in [0.1, 0.15) is 5.82 Å². The molecule has 0 bridgehead atoms. The Balaban J connectivity index is 1.36. The molecule has 6 heteroatoms. The van der Waals surface area contributed by atoms with Gasteiger partial charge in [0.2, 0.25) is 0 Å². The van der Waals surface area contributed by atoms with Crippen LogP contribution in [-0.4, -0.2) is 35.5 Å². The van der Waals surface area contributed by atoms with Gasteiger partial charge in [-0.3, -0.25) is 9.69 Å². The predicted octanol–water partition coefficient (Wildman–Crippen LogP) is 7.11. The number of piperidine rings is 1. The van der Waals surface area contributed by atoms with Gasteiger partial charge in [-0.25, -0.2) is 4.39 Å². The summed E-state index contributed by atoms with van der Waals surface area (Å²) < 4.78 is 13.4. The van der Waals surface area contributed by atoms with E-state index >= 15 is 0 Å². The van der Waals surface area contributed by atoms with Gasteiger partial charge < -0.3 is 10.6 Å². The summed E-state index contributed by atoms with van der Waals surface area (Å²) >= 11 is 5.84. The summed E-state index contributed by atoms with van der Waals surface area (Å²) in [6, 6.07) is 12.1. The van der Waals surface area contributed by atoms with Crippen LogP contribution in [0.15, 0.2) is 42.5 Å². The topological polar surface area (TPSA) is 44.4 Å². The Bertz CT molecular complexity index is 950. The SMILES string of the molecule is CC1(N2CCC(Nc3ccccc3NC(=O)c3ccc(F)c(Cl)c3)CC2)CCCCCCC1. The predicted molar refractivity (Wildman–Crippen MR) is 135 cm³/mol. The van der Waals surface area contributed by atoms with E-state index in [9.17, 15) is 9.18 Å². The molecule has 1 saturated heterocycles. The van der Waals surface area contributed by atoms with E-state index in [2.05, 4.69) is 22.5 Å². The van der Waals surface area contributed by atoms with Crippen LogP contribution in [0, 0.1) is 5.82 Å². The zero-order chi connectivity index (χ0) is 23.3. The van der Waals surface area contributed by atoms with Crippen LogP contribution in [0.3, 0.4) is 0 Å². The average Bonchev–Trinajstić information content (AvgIpc) is 2.80. The van der Waals surface area contributed by atoms with Crippen LogP contribution in [0.4, 0.5) is 15.8 Å². The van der Waals surface area contributed by atoms with Crippen LogP contribution in [-0.2, 0) is 0 Å². The van der Waals surface area contributed by atoms with Crippen molar-refractivity contribution in [2.75, 3.05) is 23.7 Å². The number of hydrogen-bond donors (Lipinski definition) is 2. The molecule has 1 amide bonds. The molecule has 1 aliphatic carbocycles. The molecule has 4 rings (SSSR count). The van der Waals surface area contributed by atoms with Crippen molar-refractivity contribution in [2.45, 2.75) is 76.3 Å². The lowest BCUT2D eigenvalue weighted by atomic mass is 9.82. The van der Waals surface area contributed by atoms with Crippen LogP contribution < -0.4 is 10.6 Å². The number of rotatable bonds is 5. The Morgan fingerprint density at radius 2 is 1.64 bits per heavy atom. The fourth-order valence-corrected chi connectivity index (χ4v) is 5.50. The largest absolute Gasteiger partial charge is 0.381 e. The summed E-state index contributed by atoms with van der Waals surface area (Å²) in [5.41, 5.74) is 2.30. The van der Waals surface area contributed by atoms with Crippen molar-refractivity contribution < 1.29 is 9.18 Å². The van der Waals surface area contributed by atoms with E-state index in [1.54, 1.807) is 0 Å². The van der Waals surface area contributed by atoms with Crippen molar-refractivity contribution in [1.82, 2.24) is 4.90 Å². The van der Waals surface area contributed by atoms with Crippen LogP contribution >= 0.6 is 11.6 Å². The van der Waals surface area contributed by atoms with Crippen molar-refractivity contribution in [3.63, 3.8) is 0 Å². The number of para-hydroxylation sites is 2. The molecule has 0 atom stereocenters. The average molecular weight is 472 g/mol. The molecular weight excluding hydrogens is 437 g/mol. The van der Waals surface area contributed by atoms with Gasteiger partial charge in [-0.05, 0) is 62.9 Å². The van der Waals surface area contributed by atoms with Gasteiger partial charge in [0.05, 0.1) is 16.4 Å². The Morgan fingerprint density at radius 3 is 2.30 bits per heavy atom. The second-order valence-corrected chi connectivity index (χ2v) is 10.2. The summed E-state index contributed by atoms with van der Waals surface area (Å²) in [6.45, 7) is 4.69. The van der Waals surface area contributed by atoms with Crippen LogP contribution in [0.5, 0.6) is 0 Å². The molecule has 2 aromatic carbocycles. The maximum atomic E-state index is 13.4. The molecule has 0 spiro atoms. The summed E-state index contributed by atoms with van der Waals surface area (Å²) in [6.07, 6.45) is 11.6. The summed E-state index contributed by atoms with van der Waals surface area (Å²) in [7, 11) is 0. The van der Waals surface area contributed by atoms with Gasteiger partial charge in [0, 0.05) is 30.2 Å². The number of nitrogens with one attached hydrogen (secondary N) is 2. The minimum absolute atomic E-state index is 0.0567. The first-order valence-corrected chi connectivity index (χ1v) is 12.7.